The fourth-order valence-electron chi connectivity index (χ4n) is 0. The van der Waals surface area contributed by atoms with Gasteiger partial charge in [-0.3, -0.25) is 0 Å². The summed E-state index contributed by atoms with van der Waals surface area (Å²) in [5.74, 6) is 0. The fourth-order valence-corrected chi connectivity index (χ4v) is 0. The number of hydrogen-bond acceptors (Lipinski definition) is 0. The molecule has 0 N–H and O–H groups in total. The second-order valence-electron chi connectivity index (χ2n) is 0. The molecule has 0 aliphatic carbocycles. The molecule has 6 heteroatoms. The predicted octanol–water partition coefficient (Wildman–Crippen LogP) is -0.773. The first kappa shape index (κ1) is 72.1. The standard InChI is InChI=1S/Al.Fe.Mg.Mn.O.H2S/h;;;;;1H2/q+3;3*+2;-2;. The molecule has 0 aliphatic heterocycles. The average Bonchev–Trinajstić information content (AvgIpc) is 0. The summed E-state index contributed by atoms with van der Waals surface area (Å²) in [6.07, 6.45) is 0. The molecule has 0 unspecified atom stereocenters. The molecular formula is H2AlFeMgMnOS+7. The minimum absolute atomic E-state index is 0. The van der Waals surface area contributed by atoms with Crippen LogP contribution in [0.2, 0.25) is 0 Å². The van der Waals surface area contributed by atoms with Gasteiger partial charge in [0.15, 0.2) is 0 Å². The first-order valence-corrected chi connectivity index (χ1v) is 0. The van der Waals surface area contributed by atoms with Gasteiger partial charge in [0.2, 0.25) is 0 Å². The summed E-state index contributed by atoms with van der Waals surface area (Å²) < 4.78 is 0. The molecule has 0 aliphatic rings. The summed E-state index contributed by atoms with van der Waals surface area (Å²) in [7, 11) is 0. The Hall–Kier alpha value is 2.65. The van der Waals surface area contributed by atoms with Crippen LogP contribution in [0.15, 0.2) is 0 Å². The zero-order valence-electron chi connectivity index (χ0n) is 2.92. The van der Waals surface area contributed by atoms with Gasteiger partial charge in [-0.15, -0.1) is 0 Å². The Morgan fingerprint density at radius 3 is 1.00 bits per heavy atom. The first-order valence-electron chi connectivity index (χ1n) is 0. The van der Waals surface area contributed by atoms with Crippen LogP contribution in [-0.2, 0) is 39.6 Å². The van der Waals surface area contributed by atoms with Crippen LogP contribution in [-0.4, -0.2) is 40.4 Å². The molecule has 0 spiro atoms. The molecule has 1 nitrogen and oxygen atoms in total. The third kappa shape index (κ3) is 30.2. The second-order valence-corrected chi connectivity index (χ2v) is 0. The second kappa shape index (κ2) is 48.2. The van der Waals surface area contributed by atoms with Crippen LogP contribution in [0.5, 0.6) is 0 Å². The van der Waals surface area contributed by atoms with Gasteiger partial charge >= 0.3 is 74.6 Å². The predicted molar refractivity (Wildman–Crippen MR) is 22.6 cm³/mol. The van der Waals surface area contributed by atoms with E-state index < -0.39 is 0 Å². The van der Waals surface area contributed by atoms with E-state index in [1.54, 1.807) is 0 Å². The Kier molecular flexibility index (Phi) is 580. The monoisotopic (exact) mass is 212 g/mol. The Morgan fingerprint density at radius 2 is 1.00 bits per heavy atom. The van der Waals surface area contributed by atoms with Crippen molar-refractivity contribution in [1.29, 1.82) is 0 Å². The molecule has 0 fully saturated rings. The Labute approximate surface area is 92.4 Å². The minimum Gasteiger partial charge on any atom is -2.00 e. The van der Waals surface area contributed by atoms with Crippen molar-refractivity contribution in [3.63, 3.8) is 0 Å². The molecule has 0 heterocycles. The van der Waals surface area contributed by atoms with Crippen molar-refractivity contribution < 1.29 is 39.6 Å². The third-order valence-electron chi connectivity index (χ3n) is 0. The third-order valence-corrected chi connectivity index (χ3v) is 0. The van der Waals surface area contributed by atoms with Gasteiger partial charge in [0.1, 0.15) is 0 Å². The molecule has 0 saturated heterocycles. The van der Waals surface area contributed by atoms with Gasteiger partial charge in [0.25, 0.3) is 0 Å². The van der Waals surface area contributed by atoms with E-state index in [4.69, 9.17) is 0 Å². The normalized spacial score (nSPS) is 0. The van der Waals surface area contributed by atoms with Gasteiger partial charge in [0.05, 0.1) is 0 Å². The number of hydrogen-bond donors (Lipinski definition) is 0. The van der Waals surface area contributed by atoms with Crippen LogP contribution in [0.3, 0.4) is 0 Å². The summed E-state index contributed by atoms with van der Waals surface area (Å²) in [6.45, 7) is 0. The van der Waals surface area contributed by atoms with E-state index in [9.17, 15) is 0 Å². The van der Waals surface area contributed by atoms with Crippen molar-refractivity contribution in [3.05, 3.63) is 0 Å². The molecular weight excluding hydrogens is 210 g/mol. The van der Waals surface area contributed by atoms with E-state index in [-0.39, 0.29) is 93.5 Å². The van der Waals surface area contributed by atoms with Gasteiger partial charge in [-0.05, 0) is 0 Å². The van der Waals surface area contributed by atoms with E-state index in [2.05, 4.69) is 0 Å². The molecule has 6 heavy (non-hydrogen) atoms. The maximum atomic E-state index is 0. The van der Waals surface area contributed by atoms with Gasteiger partial charge in [-0.1, -0.05) is 0 Å². The maximum absolute atomic E-state index is 0. The van der Waals surface area contributed by atoms with Crippen molar-refractivity contribution in [3.8, 4) is 0 Å². The molecule has 1 radical (unpaired) electrons. The largest absolute Gasteiger partial charge is 3.00 e. The van der Waals surface area contributed by atoms with E-state index in [1.165, 1.54) is 0 Å². The van der Waals surface area contributed by atoms with Crippen molar-refractivity contribution in [2.24, 2.45) is 0 Å². The van der Waals surface area contributed by atoms with Gasteiger partial charge in [-0.25, -0.2) is 0 Å². The molecule has 0 bridgehead atoms. The van der Waals surface area contributed by atoms with Crippen LogP contribution >= 0.6 is 13.5 Å². The summed E-state index contributed by atoms with van der Waals surface area (Å²) in [5, 5.41) is 0. The Morgan fingerprint density at radius 1 is 1.00 bits per heavy atom. The van der Waals surface area contributed by atoms with E-state index >= 15 is 0 Å². The molecule has 27 valence electrons. The smallest absolute Gasteiger partial charge is 2.00 e. The van der Waals surface area contributed by atoms with Gasteiger partial charge in [-0.2, -0.15) is 13.5 Å². The zero-order valence-corrected chi connectivity index (χ0v) is 8.78. The topological polar surface area (TPSA) is 28.5 Å². The van der Waals surface area contributed by atoms with Crippen molar-refractivity contribution >= 4 is 53.9 Å². The summed E-state index contributed by atoms with van der Waals surface area (Å²) >= 11 is 0. The van der Waals surface area contributed by atoms with Crippen LogP contribution < -0.4 is 0 Å². The van der Waals surface area contributed by atoms with Gasteiger partial charge in [0, 0.05) is 0 Å². The van der Waals surface area contributed by atoms with Crippen molar-refractivity contribution in [2.45, 2.75) is 0 Å². The van der Waals surface area contributed by atoms with Crippen LogP contribution in [0.1, 0.15) is 0 Å². The Bertz CT molecular complexity index is 15.5. The summed E-state index contributed by atoms with van der Waals surface area (Å²) in [5.41, 5.74) is 0. The quantitative estimate of drug-likeness (QED) is 0.472. The molecule has 0 saturated carbocycles. The minimum atomic E-state index is 0. The average molecular weight is 212 g/mol. The maximum Gasteiger partial charge on any atom is 3.00 e. The summed E-state index contributed by atoms with van der Waals surface area (Å²) in [4.78, 5) is 0. The first-order chi connectivity index (χ1) is 0. The van der Waals surface area contributed by atoms with Crippen LogP contribution in [0, 0.1) is 0 Å². The van der Waals surface area contributed by atoms with Crippen LogP contribution in [0.4, 0.5) is 0 Å². The van der Waals surface area contributed by atoms with Crippen molar-refractivity contribution in [2.75, 3.05) is 0 Å². The van der Waals surface area contributed by atoms with E-state index in [0.29, 0.717) is 0 Å². The zero-order chi connectivity index (χ0) is 0. The fraction of sp³-hybridized carbons (Fsp3) is 0. The van der Waals surface area contributed by atoms with Crippen molar-refractivity contribution in [1.82, 2.24) is 0 Å². The number of rotatable bonds is 0. The molecule has 0 aromatic carbocycles. The molecule has 0 amide bonds. The summed E-state index contributed by atoms with van der Waals surface area (Å²) in [6, 6.07) is 0. The SMILES string of the molecule is S.[Al+3].[Fe+2].[Mg+2].[Mn+2].[O-2]. The van der Waals surface area contributed by atoms with E-state index in [1.807, 2.05) is 0 Å². The molecule has 0 rings (SSSR count). The van der Waals surface area contributed by atoms with E-state index in [0.717, 1.165) is 0 Å². The Balaban J connectivity index is 0. The molecule has 0 atom stereocenters. The molecule has 0 aromatic rings. The van der Waals surface area contributed by atoms with Gasteiger partial charge < -0.3 is 5.48 Å². The van der Waals surface area contributed by atoms with Crippen LogP contribution in [0.25, 0.3) is 0 Å². The molecule has 0 aromatic heterocycles.